The van der Waals surface area contributed by atoms with Gasteiger partial charge < -0.3 is 5.11 Å². The molecule has 0 bridgehead atoms. The molecule has 0 unspecified atom stereocenters. The largest absolute Gasteiger partial charge is 0.507 e. The number of hydrogen-bond donors (Lipinski definition) is 1. The molecular formula is C16H14O. The molecular weight excluding hydrogens is 208 g/mol. The van der Waals surface area contributed by atoms with Crippen molar-refractivity contribution < 1.29 is 5.11 Å². The highest BCUT2D eigenvalue weighted by molar-refractivity contribution is 5.89. The molecule has 0 saturated heterocycles. The van der Waals surface area contributed by atoms with Crippen LogP contribution in [0.2, 0.25) is 0 Å². The fourth-order valence-electron chi connectivity index (χ4n) is 2.30. The molecule has 1 heteroatoms. The third kappa shape index (κ3) is 1.84. The van der Waals surface area contributed by atoms with Crippen molar-refractivity contribution in [3.05, 3.63) is 65.8 Å². The summed E-state index contributed by atoms with van der Waals surface area (Å²) in [6, 6.07) is 12.0. The monoisotopic (exact) mass is 222 g/mol. The van der Waals surface area contributed by atoms with E-state index in [1.165, 1.54) is 5.57 Å². The Kier molecular flexibility index (Phi) is 2.45. The highest BCUT2D eigenvalue weighted by Crippen LogP contribution is 2.30. The zero-order valence-corrected chi connectivity index (χ0v) is 9.56. The van der Waals surface area contributed by atoms with E-state index in [9.17, 15) is 5.11 Å². The van der Waals surface area contributed by atoms with Crippen LogP contribution in [0.15, 0.2) is 60.2 Å². The lowest BCUT2D eigenvalue weighted by molar-refractivity contribution is 0.476. The second-order valence-electron chi connectivity index (χ2n) is 4.39. The SMILES string of the molecule is Oc1c(CC2=CCC=C2)ccc2ccccc12. The van der Waals surface area contributed by atoms with E-state index < -0.39 is 0 Å². The molecule has 0 aliphatic heterocycles. The summed E-state index contributed by atoms with van der Waals surface area (Å²) in [5, 5.41) is 12.3. The fraction of sp³-hybridized carbons (Fsp3) is 0.125. The van der Waals surface area contributed by atoms with Gasteiger partial charge in [-0.2, -0.15) is 0 Å². The standard InChI is InChI=1S/C16H14O/c17-16-14(11-12-5-1-2-6-12)10-9-13-7-3-4-8-15(13)16/h1,3-10,17H,2,11H2. The first-order valence-corrected chi connectivity index (χ1v) is 5.90. The predicted octanol–water partition coefficient (Wildman–Crippen LogP) is 3.97. The summed E-state index contributed by atoms with van der Waals surface area (Å²) >= 11 is 0. The number of fused-ring (bicyclic) bond motifs is 1. The summed E-state index contributed by atoms with van der Waals surface area (Å²) in [6.07, 6.45) is 8.31. The predicted molar refractivity (Wildman–Crippen MR) is 71.2 cm³/mol. The molecule has 0 amide bonds. The van der Waals surface area contributed by atoms with Gasteiger partial charge in [-0.25, -0.2) is 0 Å². The Hall–Kier alpha value is -2.02. The van der Waals surface area contributed by atoms with Crippen LogP contribution in [0.25, 0.3) is 10.8 Å². The Morgan fingerprint density at radius 2 is 1.94 bits per heavy atom. The highest BCUT2D eigenvalue weighted by atomic mass is 16.3. The van der Waals surface area contributed by atoms with Crippen LogP contribution in [0, 0.1) is 0 Å². The maximum Gasteiger partial charge on any atom is 0.126 e. The van der Waals surface area contributed by atoms with Gasteiger partial charge in [0.2, 0.25) is 0 Å². The highest BCUT2D eigenvalue weighted by Gasteiger charge is 2.08. The van der Waals surface area contributed by atoms with E-state index in [2.05, 4.69) is 24.3 Å². The number of allylic oxidation sites excluding steroid dienone is 4. The van der Waals surface area contributed by atoms with E-state index in [0.717, 1.165) is 29.2 Å². The van der Waals surface area contributed by atoms with Crippen LogP contribution in [0.1, 0.15) is 12.0 Å². The fourth-order valence-corrected chi connectivity index (χ4v) is 2.30. The zero-order valence-electron chi connectivity index (χ0n) is 9.56. The first-order valence-electron chi connectivity index (χ1n) is 5.90. The molecule has 0 heterocycles. The van der Waals surface area contributed by atoms with Gasteiger partial charge >= 0.3 is 0 Å². The number of rotatable bonds is 2. The molecule has 1 N–H and O–H groups in total. The summed E-state index contributed by atoms with van der Waals surface area (Å²) in [7, 11) is 0. The summed E-state index contributed by atoms with van der Waals surface area (Å²) < 4.78 is 0. The molecule has 84 valence electrons. The summed E-state index contributed by atoms with van der Waals surface area (Å²) in [4.78, 5) is 0. The number of benzene rings is 2. The zero-order chi connectivity index (χ0) is 11.7. The van der Waals surface area contributed by atoms with Crippen molar-refractivity contribution in [2.45, 2.75) is 12.8 Å². The van der Waals surface area contributed by atoms with Crippen molar-refractivity contribution in [3.8, 4) is 5.75 Å². The molecule has 1 nitrogen and oxygen atoms in total. The average Bonchev–Trinajstić information content (AvgIpc) is 2.86. The van der Waals surface area contributed by atoms with E-state index in [-0.39, 0.29) is 0 Å². The summed E-state index contributed by atoms with van der Waals surface area (Å²) in [6.45, 7) is 0. The molecule has 0 radical (unpaired) electrons. The van der Waals surface area contributed by atoms with Crippen LogP contribution < -0.4 is 0 Å². The molecule has 0 aromatic heterocycles. The number of phenolic OH excluding ortho intramolecular Hbond substituents is 1. The Balaban J connectivity index is 2.05. The normalized spacial score (nSPS) is 14.2. The minimum Gasteiger partial charge on any atom is -0.507 e. The Morgan fingerprint density at radius 3 is 2.76 bits per heavy atom. The summed E-state index contributed by atoms with van der Waals surface area (Å²) in [5.74, 6) is 0.421. The van der Waals surface area contributed by atoms with Gasteiger partial charge in [0.05, 0.1) is 0 Å². The molecule has 0 saturated carbocycles. The average molecular weight is 222 g/mol. The van der Waals surface area contributed by atoms with Crippen LogP contribution in [-0.4, -0.2) is 5.11 Å². The third-order valence-corrected chi connectivity index (χ3v) is 3.23. The van der Waals surface area contributed by atoms with Crippen LogP contribution in [-0.2, 0) is 6.42 Å². The minimum absolute atomic E-state index is 0.421. The van der Waals surface area contributed by atoms with Crippen LogP contribution in [0.3, 0.4) is 0 Å². The van der Waals surface area contributed by atoms with Gasteiger partial charge in [-0.3, -0.25) is 0 Å². The van der Waals surface area contributed by atoms with Gasteiger partial charge in [-0.1, -0.05) is 54.6 Å². The van der Waals surface area contributed by atoms with Gasteiger partial charge in [-0.05, 0) is 22.9 Å². The lowest BCUT2D eigenvalue weighted by atomic mass is 10.0. The molecule has 1 aliphatic rings. The van der Waals surface area contributed by atoms with E-state index >= 15 is 0 Å². The maximum absolute atomic E-state index is 10.3. The molecule has 0 fully saturated rings. The smallest absolute Gasteiger partial charge is 0.126 e. The molecule has 3 rings (SSSR count). The quantitative estimate of drug-likeness (QED) is 0.815. The minimum atomic E-state index is 0.421. The Labute approximate surface area is 101 Å². The van der Waals surface area contributed by atoms with Gasteiger partial charge in [0.1, 0.15) is 5.75 Å². The molecule has 1 aliphatic carbocycles. The van der Waals surface area contributed by atoms with E-state index in [1.807, 2.05) is 30.3 Å². The molecule has 2 aromatic rings. The maximum atomic E-state index is 10.3. The Morgan fingerprint density at radius 1 is 1.06 bits per heavy atom. The van der Waals surface area contributed by atoms with Crippen molar-refractivity contribution in [1.29, 1.82) is 0 Å². The van der Waals surface area contributed by atoms with Crippen LogP contribution >= 0.6 is 0 Å². The lowest BCUT2D eigenvalue weighted by Gasteiger charge is -2.07. The van der Waals surface area contributed by atoms with Gasteiger partial charge in [0.25, 0.3) is 0 Å². The molecule has 0 spiro atoms. The van der Waals surface area contributed by atoms with Crippen molar-refractivity contribution >= 4 is 10.8 Å². The van der Waals surface area contributed by atoms with Gasteiger partial charge in [0, 0.05) is 11.8 Å². The molecule has 0 atom stereocenters. The van der Waals surface area contributed by atoms with Crippen LogP contribution in [0.4, 0.5) is 0 Å². The third-order valence-electron chi connectivity index (χ3n) is 3.23. The lowest BCUT2D eigenvalue weighted by Crippen LogP contribution is -1.88. The van der Waals surface area contributed by atoms with E-state index in [1.54, 1.807) is 0 Å². The van der Waals surface area contributed by atoms with Crippen LogP contribution in [0.5, 0.6) is 5.75 Å². The van der Waals surface area contributed by atoms with Gasteiger partial charge in [0.15, 0.2) is 0 Å². The van der Waals surface area contributed by atoms with Crippen molar-refractivity contribution in [1.82, 2.24) is 0 Å². The molecule has 17 heavy (non-hydrogen) atoms. The van der Waals surface area contributed by atoms with E-state index in [0.29, 0.717) is 5.75 Å². The second-order valence-corrected chi connectivity index (χ2v) is 4.39. The number of hydrogen-bond acceptors (Lipinski definition) is 1. The van der Waals surface area contributed by atoms with Crippen molar-refractivity contribution in [2.24, 2.45) is 0 Å². The Bertz CT molecular complexity index is 620. The van der Waals surface area contributed by atoms with Crippen molar-refractivity contribution in [3.63, 3.8) is 0 Å². The topological polar surface area (TPSA) is 20.2 Å². The second kappa shape index (κ2) is 4.10. The first-order chi connectivity index (χ1) is 8.34. The number of phenols is 1. The first kappa shape index (κ1) is 10.2. The summed E-state index contributed by atoms with van der Waals surface area (Å²) in [5.41, 5.74) is 2.29. The van der Waals surface area contributed by atoms with E-state index in [4.69, 9.17) is 0 Å². The van der Waals surface area contributed by atoms with Gasteiger partial charge in [-0.15, -0.1) is 0 Å². The number of aromatic hydroxyl groups is 1. The molecule has 2 aromatic carbocycles. The van der Waals surface area contributed by atoms with Crippen molar-refractivity contribution in [2.75, 3.05) is 0 Å².